The van der Waals surface area contributed by atoms with Crippen molar-refractivity contribution in [2.24, 2.45) is 5.92 Å². The Labute approximate surface area is 133 Å². The van der Waals surface area contributed by atoms with Crippen molar-refractivity contribution in [3.8, 4) is 5.75 Å². The third-order valence-electron chi connectivity index (χ3n) is 3.77. The second-order valence-electron chi connectivity index (χ2n) is 5.08. The smallest absolute Gasteiger partial charge is 0.146 e. The van der Waals surface area contributed by atoms with Gasteiger partial charge in [-0.3, -0.25) is 4.79 Å². The van der Waals surface area contributed by atoms with E-state index in [9.17, 15) is 4.79 Å². The van der Waals surface area contributed by atoms with E-state index in [-0.39, 0.29) is 12.0 Å². The summed E-state index contributed by atoms with van der Waals surface area (Å²) in [5.74, 6) is 1.30. The second-order valence-corrected chi connectivity index (χ2v) is 6.05. The van der Waals surface area contributed by atoms with Gasteiger partial charge in [0.15, 0.2) is 0 Å². The summed E-state index contributed by atoms with van der Waals surface area (Å²) in [6, 6.07) is 5.67. The van der Waals surface area contributed by atoms with E-state index in [1.165, 1.54) is 0 Å². The van der Waals surface area contributed by atoms with Crippen molar-refractivity contribution in [1.29, 1.82) is 0 Å². The summed E-state index contributed by atoms with van der Waals surface area (Å²) in [4.78, 5) is 11.6. The molecular formula is C15H19BrClNO2. The number of alkyl halides is 1. The highest BCUT2D eigenvalue weighted by atomic mass is 79.9. The van der Waals surface area contributed by atoms with E-state index in [0.717, 1.165) is 37.1 Å². The number of ketones is 1. The summed E-state index contributed by atoms with van der Waals surface area (Å²) >= 11 is 9.38. The number of ether oxygens (including phenoxy) is 1. The number of halogens is 2. The van der Waals surface area contributed by atoms with Gasteiger partial charge >= 0.3 is 0 Å². The average Bonchev–Trinajstić information content (AvgIpc) is 2.47. The minimum absolute atomic E-state index is 0.186. The minimum Gasteiger partial charge on any atom is -0.490 e. The quantitative estimate of drug-likeness (QED) is 0.796. The highest BCUT2D eigenvalue weighted by Gasteiger charge is 2.26. The first kappa shape index (κ1) is 15.6. The molecule has 0 atom stereocenters. The van der Waals surface area contributed by atoms with Gasteiger partial charge in [-0.15, -0.1) is 0 Å². The molecule has 1 aromatic rings. The molecule has 0 aromatic heterocycles. The molecule has 0 saturated heterocycles. The van der Waals surface area contributed by atoms with Crippen molar-refractivity contribution >= 4 is 39.0 Å². The number of nitrogens with one attached hydrogen (secondary N) is 1. The average molecular weight is 361 g/mol. The van der Waals surface area contributed by atoms with Gasteiger partial charge in [0.05, 0.1) is 22.1 Å². The van der Waals surface area contributed by atoms with Crippen molar-refractivity contribution in [3.63, 3.8) is 0 Å². The van der Waals surface area contributed by atoms with E-state index in [4.69, 9.17) is 16.3 Å². The molecule has 1 aromatic carbocycles. The van der Waals surface area contributed by atoms with E-state index >= 15 is 0 Å². The molecule has 5 heteroatoms. The fraction of sp³-hybridized carbons (Fsp3) is 0.533. The maximum absolute atomic E-state index is 11.6. The molecule has 1 aliphatic rings. The molecule has 3 nitrogen and oxygen atoms in total. The Morgan fingerprint density at radius 2 is 2.10 bits per heavy atom. The van der Waals surface area contributed by atoms with Crippen molar-refractivity contribution in [1.82, 2.24) is 0 Å². The number of anilines is 1. The summed E-state index contributed by atoms with van der Waals surface area (Å²) in [5.41, 5.74) is 0.894. The van der Waals surface area contributed by atoms with Crippen molar-refractivity contribution < 1.29 is 9.53 Å². The van der Waals surface area contributed by atoms with E-state index in [2.05, 4.69) is 21.2 Å². The van der Waals surface area contributed by atoms with Crippen LogP contribution in [0.25, 0.3) is 0 Å². The number of rotatable bonds is 5. The fourth-order valence-electron chi connectivity index (χ4n) is 2.58. The van der Waals surface area contributed by atoms with Crippen LogP contribution in [0, 0.1) is 5.92 Å². The van der Waals surface area contributed by atoms with Crippen LogP contribution in [0.4, 0.5) is 5.69 Å². The van der Waals surface area contributed by atoms with E-state index < -0.39 is 0 Å². The summed E-state index contributed by atoms with van der Waals surface area (Å²) in [5, 5.41) is 4.14. The molecule has 110 valence electrons. The first-order valence-corrected chi connectivity index (χ1v) is 8.36. The molecule has 20 heavy (non-hydrogen) atoms. The van der Waals surface area contributed by atoms with E-state index in [1.807, 2.05) is 25.2 Å². The van der Waals surface area contributed by atoms with Crippen molar-refractivity contribution in [3.05, 3.63) is 23.2 Å². The zero-order valence-electron chi connectivity index (χ0n) is 11.5. The molecule has 0 spiro atoms. The Kier molecular flexibility index (Phi) is 5.73. The van der Waals surface area contributed by atoms with Crippen LogP contribution in [0.3, 0.4) is 0 Å². The van der Waals surface area contributed by atoms with E-state index in [0.29, 0.717) is 16.1 Å². The van der Waals surface area contributed by atoms with Crippen LogP contribution in [0.15, 0.2) is 18.2 Å². The Morgan fingerprint density at radius 3 is 2.65 bits per heavy atom. The van der Waals surface area contributed by atoms with Crippen molar-refractivity contribution in [2.45, 2.75) is 31.8 Å². The standard InChI is InChI=1S/C15H19BrClNO2/c1-18-14-7-6-12(8-13(14)17)20-11-4-2-10(3-5-11)15(19)9-16/h6-8,10-11,18H,2-5,9H2,1H3. The Bertz CT molecular complexity index is 473. The fourth-order valence-corrected chi connectivity index (χ4v) is 3.30. The first-order chi connectivity index (χ1) is 9.63. The molecule has 0 aliphatic heterocycles. The Morgan fingerprint density at radius 1 is 1.40 bits per heavy atom. The highest BCUT2D eigenvalue weighted by Crippen LogP contribution is 2.31. The van der Waals surface area contributed by atoms with Gasteiger partial charge in [-0.25, -0.2) is 0 Å². The number of carbonyl (C=O) groups is 1. The molecule has 1 N–H and O–H groups in total. The minimum atomic E-state index is 0.186. The number of carbonyl (C=O) groups excluding carboxylic acids is 1. The Balaban J connectivity index is 1.89. The molecule has 0 unspecified atom stereocenters. The predicted octanol–water partition coefficient (Wildman–Crippen LogP) is 4.28. The zero-order chi connectivity index (χ0) is 14.5. The van der Waals surface area contributed by atoms with Crippen LogP contribution in [0.5, 0.6) is 5.75 Å². The van der Waals surface area contributed by atoms with Crippen LogP contribution >= 0.6 is 27.5 Å². The van der Waals surface area contributed by atoms with Crippen LogP contribution in [0.2, 0.25) is 5.02 Å². The maximum atomic E-state index is 11.6. The molecule has 2 rings (SSSR count). The van der Waals surface area contributed by atoms with Gasteiger partial charge in [0.25, 0.3) is 0 Å². The van der Waals surface area contributed by atoms with Gasteiger partial charge in [-0.2, -0.15) is 0 Å². The molecule has 0 amide bonds. The van der Waals surface area contributed by atoms with Gasteiger partial charge in [-0.1, -0.05) is 27.5 Å². The summed E-state index contributed by atoms with van der Waals surface area (Å²) in [7, 11) is 1.84. The first-order valence-electron chi connectivity index (χ1n) is 6.86. The number of hydrogen-bond acceptors (Lipinski definition) is 3. The topological polar surface area (TPSA) is 38.3 Å². The van der Waals surface area contributed by atoms with Gasteiger partial charge in [-0.05, 0) is 37.8 Å². The molecular weight excluding hydrogens is 342 g/mol. The third-order valence-corrected chi connectivity index (χ3v) is 4.64. The van der Waals surface area contributed by atoms with Crippen LogP contribution in [-0.2, 0) is 4.79 Å². The lowest BCUT2D eigenvalue weighted by molar-refractivity contribution is -0.121. The predicted molar refractivity (Wildman–Crippen MR) is 86.2 cm³/mol. The molecule has 0 heterocycles. The van der Waals surface area contributed by atoms with Crippen molar-refractivity contribution in [2.75, 3.05) is 17.7 Å². The summed E-state index contributed by atoms with van der Waals surface area (Å²) in [6.07, 6.45) is 3.87. The SMILES string of the molecule is CNc1ccc(OC2CCC(C(=O)CBr)CC2)cc1Cl. The third kappa shape index (κ3) is 3.89. The highest BCUT2D eigenvalue weighted by molar-refractivity contribution is 9.09. The van der Waals surface area contributed by atoms with Crippen LogP contribution in [0.1, 0.15) is 25.7 Å². The van der Waals surface area contributed by atoms with Crippen LogP contribution in [-0.4, -0.2) is 24.3 Å². The zero-order valence-corrected chi connectivity index (χ0v) is 13.8. The second kappa shape index (κ2) is 7.32. The lowest BCUT2D eigenvalue weighted by atomic mass is 9.85. The lowest BCUT2D eigenvalue weighted by Crippen LogP contribution is -2.28. The normalized spacial score (nSPS) is 22.4. The van der Waals surface area contributed by atoms with Gasteiger partial charge in [0.1, 0.15) is 11.5 Å². The van der Waals surface area contributed by atoms with Gasteiger partial charge in [0, 0.05) is 19.0 Å². The van der Waals surface area contributed by atoms with Gasteiger partial charge in [0.2, 0.25) is 0 Å². The number of Topliss-reactive ketones (excluding diaryl/α,β-unsaturated/α-hetero) is 1. The number of hydrogen-bond donors (Lipinski definition) is 1. The monoisotopic (exact) mass is 359 g/mol. The molecule has 1 fully saturated rings. The maximum Gasteiger partial charge on any atom is 0.146 e. The summed E-state index contributed by atoms with van der Waals surface area (Å²) in [6.45, 7) is 0. The molecule has 1 saturated carbocycles. The van der Waals surface area contributed by atoms with E-state index in [1.54, 1.807) is 0 Å². The largest absolute Gasteiger partial charge is 0.490 e. The lowest BCUT2D eigenvalue weighted by Gasteiger charge is -2.28. The molecule has 0 bridgehead atoms. The van der Waals surface area contributed by atoms with Gasteiger partial charge < -0.3 is 10.1 Å². The number of benzene rings is 1. The van der Waals surface area contributed by atoms with Crippen LogP contribution < -0.4 is 10.1 Å². The molecule has 1 aliphatic carbocycles. The summed E-state index contributed by atoms with van der Waals surface area (Å²) < 4.78 is 5.96. The molecule has 0 radical (unpaired) electrons. The Hall–Kier alpha value is -0.740.